The first-order chi connectivity index (χ1) is 6.69. The third kappa shape index (κ3) is 2.69. The second-order valence-electron chi connectivity index (χ2n) is 3.16. The lowest BCUT2D eigenvalue weighted by molar-refractivity contribution is 0.797. The van der Waals surface area contributed by atoms with E-state index in [9.17, 15) is 0 Å². The first-order valence-corrected chi connectivity index (χ1v) is 5.55. The van der Waals surface area contributed by atoms with Gasteiger partial charge in [-0.15, -0.1) is 0 Å². The van der Waals surface area contributed by atoms with Crippen LogP contribution in [0.3, 0.4) is 0 Å². The van der Waals surface area contributed by atoms with Gasteiger partial charge in [0, 0.05) is 30.3 Å². The summed E-state index contributed by atoms with van der Waals surface area (Å²) in [7, 11) is 0. The second kappa shape index (κ2) is 5.32. The van der Waals surface area contributed by atoms with Crippen LogP contribution in [0.1, 0.15) is 12.5 Å². The minimum absolute atomic E-state index is 0.658. The fraction of sp³-hybridized carbons (Fsp3) is 0.500. The molecule has 0 atom stereocenters. The molecular weight excluding hydrogens is 242 g/mol. The topological polar surface area (TPSA) is 42.1 Å². The highest BCUT2D eigenvalue weighted by atomic mass is 79.9. The van der Waals surface area contributed by atoms with Crippen molar-refractivity contribution in [2.24, 2.45) is 5.73 Å². The van der Waals surface area contributed by atoms with Gasteiger partial charge in [0.05, 0.1) is 0 Å². The van der Waals surface area contributed by atoms with Crippen molar-refractivity contribution in [3.63, 3.8) is 0 Å². The molecule has 0 radical (unpaired) electrons. The Kier molecular flexibility index (Phi) is 4.35. The highest BCUT2D eigenvalue weighted by Gasteiger charge is 2.07. The number of halogens is 1. The molecule has 0 fully saturated rings. The number of nitrogens with two attached hydrogens (primary N) is 1. The van der Waals surface area contributed by atoms with Gasteiger partial charge in [-0.25, -0.2) is 4.98 Å². The molecule has 0 aliphatic rings. The first-order valence-electron chi connectivity index (χ1n) is 4.76. The number of pyridine rings is 1. The number of nitrogens with zero attached hydrogens (tertiary/aromatic N) is 2. The van der Waals surface area contributed by atoms with Gasteiger partial charge in [0.25, 0.3) is 0 Å². The molecule has 0 bridgehead atoms. The maximum atomic E-state index is 5.54. The number of aromatic nitrogens is 1. The summed E-state index contributed by atoms with van der Waals surface area (Å²) in [4.78, 5) is 6.57. The van der Waals surface area contributed by atoms with Crippen molar-refractivity contribution in [2.75, 3.05) is 24.5 Å². The molecule has 0 aromatic carbocycles. The quantitative estimate of drug-likeness (QED) is 0.897. The van der Waals surface area contributed by atoms with E-state index in [0.717, 1.165) is 23.4 Å². The molecule has 0 amide bonds. The predicted molar refractivity (Wildman–Crippen MR) is 63.6 cm³/mol. The number of aryl methyl sites for hydroxylation is 1. The van der Waals surface area contributed by atoms with E-state index in [1.807, 2.05) is 6.20 Å². The van der Waals surface area contributed by atoms with Gasteiger partial charge in [0.15, 0.2) is 0 Å². The standard InChI is InChI=1S/C10H16BrN3/c1-3-14(5-4-12)10-8(2)6-9(11)7-13-10/h6-7H,3-5,12H2,1-2H3. The molecule has 4 heteroatoms. The molecule has 0 aliphatic carbocycles. The smallest absolute Gasteiger partial charge is 0.131 e. The summed E-state index contributed by atoms with van der Waals surface area (Å²) in [5, 5.41) is 0. The lowest BCUT2D eigenvalue weighted by Gasteiger charge is -2.22. The summed E-state index contributed by atoms with van der Waals surface area (Å²) in [6, 6.07) is 2.07. The number of hydrogen-bond acceptors (Lipinski definition) is 3. The molecular formula is C10H16BrN3. The van der Waals surface area contributed by atoms with E-state index in [1.54, 1.807) is 0 Å². The first kappa shape index (κ1) is 11.5. The zero-order valence-electron chi connectivity index (χ0n) is 8.63. The Labute approximate surface area is 93.4 Å². The Morgan fingerprint density at radius 2 is 2.29 bits per heavy atom. The Morgan fingerprint density at radius 3 is 2.79 bits per heavy atom. The van der Waals surface area contributed by atoms with Crippen molar-refractivity contribution >= 4 is 21.7 Å². The van der Waals surface area contributed by atoms with Crippen LogP contribution in [0.4, 0.5) is 5.82 Å². The molecule has 0 saturated heterocycles. The average Bonchev–Trinajstić information content (AvgIpc) is 2.15. The van der Waals surface area contributed by atoms with Gasteiger partial charge in [0.2, 0.25) is 0 Å². The minimum Gasteiger partial charge on any atom is -0.355 e. The maximum Gasteiger partial charge on any atom is 0.131 e. The van der Waals surface area contributed by atoms with Crippen LogP contribution in [-0.4, -0.2) is 24.6 Å². The maximum absolute atomic E-state index is 5.54. The number of rotatable bonds is 4. The van der Waals surface area contributed by atoms with Gasteiger partial charge < -0.3 is 10.6 Å². The normalized spacial score (nSPS) is 10.3. The van der Waals surface area contributed by atoms with Gasteiger partial charge in [-0.2, -0.15) is 0 Å². The monoisotopic (exact) mass is 257 g/mol. The van der Waals surface area contributed by atoms with Gasteiger partial charge >= 0.3 is 0 Å². The van der Waals surface area contributed by atoms with Crippen LogP contribution in [0.2, 0.25) is 0 Å². The molecule has 1 heterocycles. The highest BCUT2D eigenvalue weighted by Crippen LogP contribution is 2.19. The molecule has 2 N–H and O–H groups in total. The van der Waals surface area contributed by atoms with Crippen molar-refractivity contribution < 1.29 is 0 Å². The molecule has 0 saturated carbocycles. The van der Waals surface area contributed by atoms with Crippen LogP contribution in [-0.2, 0) is 0 Å². The Hall–Kier alpha value is -0.610. The minimum atomic E-state index is 0.658. The summed E-state index contributed by atoms with van der Waals surface area (Å²) in [5.41, 5.74) is 6.72. The SMILES string of the molecule is CCN(CCN)c1ncc(Br)cc1C. The van der Waals surface area contributed by atoms with Gasteiger partial charge in [-0.3, -0.25) is 0 Å². The molecule has 1 aromatic rings. The lowest BCUT2D eigenvalue weighted by Crippen LogP contribution is -2.30. The molecule has 0 aliphatic heterocycles. The van der Waals surface area contributed by atoms with Crippen LogP contribution in [0.5, 0.6) is 0 Å². The van der Waals surface area contributed by atoms with Gasteiger partial charge in [-0.1, -0.05) is 0 Å². The Morgan fingerprint density at radius 1 is 1.57 bits per heavy atom. The lowest BCUT2D eigenvalue weighted by atomic mass is 10.2. The van der Waals surface area contributed by atoms with E-state index >= 15 is 0 Å². The largest absolute Gasteiger partial charge is 0.355 e. The van der Waals surface area contributed by atoms with Crippen LogP contribution in [0, 0.1) is 6.92 Å². The van der Waals surface area contributed by atoms with E-state index in [-0.39, 0.29) is 0 Å². The number of likely N-dealkylation sites (N-methyl/N-ethyl adjacent to an activating group) is 1. The molecule has 14 heavy (non-hydrogen) atoms. The fourth-order valence-corrected chi connectivity index (χ4v) is 1.88. The summed E-state index contributed by atoms with van der Waals surface area (Å²) in [6.45, 7) is 6.62. The highest BCUT2D eigenvalue weighted by molar-refractivity contribution is 9.10. The predicted octanol–water partition coefficient (Wildman–Crippen LogP) is 1.94. The van der Waals surface area contributed by atoms with Gasteiger partial charge in [-0.05, 0) is 41.4 Å². The third-order valence-corrected chi connectivity index (χ3v) is 2.53. The second-order valence-corrected chi connectivity index (χ2v) is 4.08. The molecule has 0 unspecified atom stereocenters. The molecule has 3 nitrogen and oxygen atoms in total. The van der Waals surface area contributed by atoms with Crippen LogP contribution < -0.4 is 10.6 Å². The molecule has 78 valence electrons. The summed E-state index contributed by atoms with van der Waals surface area (Å²) < 4.78 is 1.02. The van der Waals surface area contributed by atoms with Crippen molar-refractivity contribution in [1.29, 1.82) is 0 Å². The average molecular weight is 258 g/mol. The molecule has 1 rings (SSSR count). The van der Waals surface area contributed by atoms with E-state index in [1.165, 1.54) is 5.56 Å². The van der Waals surface area contributed by atoms with Crippen molar-refractivity contribution in [3.8, 4) is 0 Å². The Bertz CT molecular complexity index is 301. The fourth-order valence-electron chi connectivity index (χ4n) is 1.43. The van der Waals surface area contributed by atoms with Crippen molar-refractivity contribution in [1.82, 2.24) is 4.98 Å². The van der Waals surface area contributed by atoms with Crippen molar-refractivity contribution in [2.45, 2.75) is 13.8 Å². The third-order valence-electron chi connectivity index (χ3n) is 2.10. The Balaban J connectivity index is 2.92. The summed E-state index contributed by atoms with van der Waals surface area (Å²) in [5.74, 6) is 1.03. The molecule has 1 aromatic heterocycles. The zero-order valence-corrected chi connectivity index (χ0v) is 10.2. The zero-order chi connectivity index (χ0) is 10.6. The summed E-state index contributed by atoms with van der Waals surface area (Å²) in [6.07, 6.45) is 1.82. The van der Waals surface area contributed by atoms with Crippen LogP contribution >= 0.6 is 15.9 Å². The van der Waals surface area contributed by atoms with E-state index in [2.05, 4.69) is 45.7 Å². The van der Waals surface area contributed by atoms with Crippen LogP contribution in [0.25, 0.3) is 0 Å². The number of anilines is 1. The molecule has 0 spiro atoms. The van der Waals surface area contributed by atoms with E-state index < -0.39 is 0 Å². The van der Waals surface area contributed by atoms with Crippen LogP contribution in [0.15, 0.2) is 16.7 Å². The van der Waals surface area contributed by atoms with E-state index in [0.29, 0.717) is 6.54 Å². The van der Waals surface area contributed by atoms with E-state index in [4.69, 9.17) is 5.73 Å². The summed E-state index contributed by atoms with van der Waals surface area (Å²) >= 11 is 3.40. The van der Waals surface area contributed by atoms with Gasteiger partial charge in [0.1, 0.15) is 5.82 Å². The number of hydrogen-bond donors (Lipinski definition) is 1. The van der Waals surface area contributed by atoms with Crippen molar-refractivity contribution in [3.05, 3.63) is 22.3 Å².